The maximum atomic E-state index is 11.6. The Kier molecular flexibility index (Phi) is 6.03. The molecule has 0 aromatic heterocycles. The van der Waals surface area contributed by atoms with Crippen LogP contribution >= 0.6 is 0 Å². The van der Waals surface area contributed by atoms with Crippen molar-refractivity contribution in [3.63, 3.8) is 0 Å². The second-order valence-electron chi connectivity index (χ2n) is 4.53. The van der Waals surface area contributed by atoms with Gasteiger partial charge in [0.25, 0.3) is 0 Å². The number of hydrogen-bond donors (Lipinski definition) is 1. The summed E-state index contributed by atoms with van der Waals surface area (Å²) in [6, 6.07) is 0. The van der Waals surface area contributed by atoms with E-state index in [2.05, 4.69) is 10.1 Å². The van der Waals surface area contributed by atoms with E-state index in [9.17, 15) is 9.59 Å². The summed E-state index contributed by atoms with van der Waals surface area (Å²) >= 11 is 0. The van der Waals surface area contributed by atoms with Crippen molar-refractivity contribution < 1.29 is 14.3 Å². The molecule has 0 spiro atoms. The Labute approximate surface area is 97.1 Å². The molecule has 0 bridgehead atoms. The molecular formula is C11H22N2O3. The number of esters is 1. The highest BCUT2D eigenvalue weighted by atomic mass is 16.5. The Hall–Kier alpha value is -1.10. The number of rotatable bonds is 6. The quantitative estimate of drug-likeness (QED) is 0.671. The van der Waals surface area contributed by atoms with E-state index >= 15 is 0 Å². The van der Waals surface area contributed by atoms with Gasteiger partial charge in [-0.05, 0) is 27.3 Å². The molecule has 1 amide bonds. The average Bonchev–Trinajstić information content (AvgIpc) is 2.16. The van der Waals surface area contributed by atoms with Crippen molar-refractivity contribution in [3.05, 3.63) is 0 Å². The standard InChI is InChI=1S/C11H22N2O3/c1-6-11(2,3)12-9(14)7-13(4)8-10(15)16-5/h6-8H2,1-5H3,(H,12,14). The van der Waals surface area contributed by atoms with Crippen LogP contribution in [-0.2, 0) is 14.3 Å². The zero-order chi connectivity index (χ0) is 12.8. The Balaban J connectivity index is 4.01. The Morgan fingerprint density at radius 2 is 1.88 bits per heavy atom. The molecule has 0 aliphatic rings. The van der Waals surface area contributed by atoms with E-state index in [-0.39, 0.29) is 30.5 Å². The van der Waals surface area contributed by atoms with Crippen LogP contribution in [0.2, 0.25) is 0 Å². The molecule has 16 heavy (non-hydrogen) atoms. The molecule has 0 aromatic rings. The Morgan fingerprint density at radius 3 is 2.31 bits per heavy atom. The second kappa shape index (κ2) is 6.48. The summed E-state index contributed by atoms with van der Waals surface area (Å²) in [7, 11) is 3.03. The van der Waals surface area contributed by atoms with Crippen LogP contribution in [0.15, 0.2) is 0 Å². The number of ether oxygens (including phenoxy) is 1. The summed E-state index contributed by atoms with van der Waals surface area (Å²) in [5, 5.41) is 2.90. The summed E-state index contributed by atoms with van der Waals surface area (Å²) in [5.74, 6) is -0.427. The van der Waals surface area contributed by atoms with E-state index in [1.807, 2.05) is 20.8 Å². The molecule has 0 saturated carbocycles. The first-order chi connectivity index (χ1) is 7.30. The lowest BCUT2D eigenvalue weighted by atomic mass is 10.0. The van der Waals surface area contributed by atoms with Gasteiger partial charge in [-0.15, -0.1) is 0 Å². The molecular weight excluding hydrogens is 208 g/mol. The lowest BCUT2D eigenvalue weighted by molar-refractivity contribution is -0.141. The third-order valence-electron chi connectivity index (χ3n) is 2.40. The van der Waals surface area contributed by atoms with E-state index in [0.29, 0.717) is 0 Å². The van der Waals surface area contributed by atoms with Crippen LogP contribution in [-0.4, -0.2) is 49.6 Å². The van der Waals surface area contributed by atoms with Gasteiger partial charge in [-0.2, -0.15) is 0 Å². The van der Waals surface area contributed by atoms with E-state index in [4.69, 9.17) is 0 Å². The minimum atomic E-state index is -0.343. The number of hydrogen-bond acceptors (Lipinski definition) is 4. The topological polar surface area (TPSA) is 58.6 Å². The molecule has 94 valence electrons. The minimum absolute atomic E-state index is 0.0850. The second-order valence-corrected chi connectivity index (χ2v) is 4.53. The van der Waals surface area contributed by atoms with E-state index in [1.54, 1.807) is 11.9 Å². The monoisotopic (exact) mass is 230 g/mol. The van der Waals surface area contributed by atoms with Gasteiger partial charge in [-0.1, -0.05) is 6.92 Å². The number of nitrogens with zero attached hydrogens (tertiary/aromatic N) is 1. The molecule has 0 saturated heterocycles. The maximum Gasteiger partial charge on any atom is 0.319 e. The zero-order valence-electron chi connectivity index (χ0n) is 10.8. The molecule has 0 unspecified atom stereocenters. The van der Waals surface area contributed by atoms with Crippen LogP contribution in [0, 0.1) is 0 Å². The predicted molar refractivity (Wildman–Crippen MR) is 62.0 cm³/mol. The van der Waals surface area contributed by atoms with Gasteiger partial charge in [0.2, 0.25) is 5.91 Å². The van der Waals surface area contributed by atoms with Crippen LogP contribution in [0.25, 0.3) is 0 Å². The molecule has 0 fully saturated rings. The van der Waals surface area contributed by atoms with Gasteiger partial charge in [0, 0.05) is 5.54 Å². The van der Waals surface area contributed by atoms with Gasteiger partial charge in [0.1, 0.15) is 0 Å². The minimum Gasteiger partial charge on any atom is -0.468 e. The van der Waals surface area contributed by atoms with Crippen molar-refractivity contribution in [1.82, 2.24) is 10.2 Å². The number of carbonyl (C=O) groups is 2. The van der Waals surface area contributed by atoms with E-state index in [1.165, 1.54) is 7.11 Å². The van der Waals surface area contributed by atoms with Crippen molar-refractivity contribution in [2.75, 3.05) is 27.2 Å². The molecule has 5 nitrogen and oxygen atoms in total. The number of nitrogens with one attached hydrogen (secondary N) is 1. The van der Waals surface area contributed by atoms with Gasteiger partial charge in [0.15, 0.2) is 0 Å². The lowest BCUT2D eigenvalue weighted by Crippen LogP contribution is -2.47. The molecule has 0 atom stereocenters. The molecule has 0 aromatic carbocycles. The summed E-state index contributed by atoms with van der Waals surface area (Å²) in [4.78, 5) is 24.2. The number of carbonyl (C=O) groups excluding carboxylic acids is 2. The Morgan fingerprint density at radius 1 is 1.31 bits per heavy atom. The molecule has 0 aliphatic carbocycles. The number of amides is 1. The van der Waals surface area contributed by atoms with E-state index in [0.717, 1.165) is 6.42 Å². The Bertz CT molecular complexity index is 252. The predicted octanol–water partition coefficient (Wildman–Crippen LogP) is 0.396. The number of methoxy groups -OCH3 is 1. The molecule has 0 radical (unpaired) electrons. The summed E-state index contributed by atoms with van der Waals surface area (Å²) in [6.07, 6.45) is 0.861. The molecule has 0 heterocycles. The van der Waals surface area contributed by atoms with Crippen molar-refractivity contribution in [3.8, 4) is 0 Å². The first-order valence-corrected chi connectivity index (χ1v) is 5.37. The van der Waals surface area contributed by atoms with Crippen molar-refractivity contribution in [2.24, 2.45) is 0 Å². The smallest absolute Gasteiger partial charge is 0.319 e. The molecule has 1 N–H and O–H groups in total. The van der Waals surface area contributed by atoms with Crippen molar-refractivity contribution >= 4 is 11.9 Å². The fourth-order valence-corrected chi connectivity index (χ4v) is 1.09. The fourth-order valence-electron chi connectivity index (χ4n) is 1.09. The highest BCUT2D eigenvalue weighted by Gasteiger charge is 2.19. The average molecular weight is 230 g/mol. The van der Waals surface area contributed by atoms with Crippen LogP contribution in [0.4, 0.5) is 0 Å². The SMILES string of the molecule is CCC(C)(C)NC(=O)CN(C)CC(=O)OC. The molecule has 0 aliphatic heterocycles. The molecule has 5 heteroatoms. The molecule has 0 rings (SSSR count). The summed E-state index contributed by atoms with van der Waals surface area (Å²) in [5.41, 5.74) is -0.205. The van der Waals surface area contributed by atoms with Gasteiger partial charge >= 0.3 is 5.97 Å². The fraction of sp³-hybridized carbons (Fsp3) is 0.818. The summed E-state index contributed by atoms with van der Waals surface area (Å²) in [6.45, 7) is 6.25. The van der Waals surface area contributed by atoms with Gasteiger partial charge in [-0.3, -0.25) is 14.5 Å². The van der Waals surface area contributed by atoms with Crippen molar-refractivity contribution in [2.45, 2.75) is 32.7 Å². The third kappa shape index (κ3) is 6.40. The van der Waals surface area contributed by atoms with Crippen molar-refractivity contribution in [1.29, 1.82) is 0 Å². The van der Waals surface area contributed by atoms with Crippen LogP contribution in [0.5, 0.6) is 0 Å². The normalized spacial score (nSPS) is 11.4. The van der Waals surface area contributed by atoms with E-state index < -0.39 is 0 Å². The first kappa shape index (κ1) is 14.9. The highest BCUT2D eigenvalue weighted by Crippen LogP contribution is 2.06. The van der Waals surface area contributed by atoms with Crippen LogP contribution < -0.4 is 5.32 Å². The van der Waals surface area contributed by atoms with Crippen LogP contribution in [0.1, 0.15) is 27.2 Å². The first-order valence-electron chi connectivity index (χ1n) is 5.37. The van der Waals surface area contributed by atoms with Gasteiger partial charge in [-0.25, -0.2) is 0 Å². The lowest BCUT2D eigenvalue weighted by Gasteiger charge is -2.25. The van der Waals surface area contributed by atoms with Gasteiger partial charge in [0.05, 0.1) is 20.2 Å². The largest absolute Gasteiger partial charge is 0.468 e. The summed E-state index contributed by atoms with van der Waals surface area (Å²) < 4.78 is 4.51. The maximum absolute atomic E-state index is 11.6. The highest BCUT2D eigenvalue weighted by molar-refractivity contribution is 5.79. The zero-order valence-corrected chi connectivity index (χ0v) is 10.8. The number of likely N-dealkylation sites (N-methyl/N-ethyl adjacent to an activating group) is 1. The third-order valence-corrected chi connectivity index (χ3v) is 2.40. The van der Waals surface area contributed by atoms with Crippen LogP contribution in [0.3, 0.4) is 0 Å². The van der Waals surface area contributed by atoms with Gasteiger partial charge < -0.3 is 10.1 Å².